The fourth-order valence-electron chi connectivity index (χ4n) is 4.20. The molecule has 5 rings (SSSR count). The number of benzene rings is 3. The van der Waals surface area contributed by atoms with Gasteiger partial charge in [0.25, 0.3) is 5.91 Å². The zero-order chi connectivity index (χ0) is 24.1. The number of amides is 1. The molecule has 1 unspecified atom stereocenters. The number of hydrogen-bond acceptors (Lipinski definition) is 5. The molecule has 0 spiro atoms. The number of aromatic hydroxyl groups is 1. The van der Waals surface area contributed by atoms with Gasteiger partial charge >= 0.3 is 0 Å². The van der Waals surface area contributed by atoms with Gasteiger partial charge < -0.3 is 19.2 Å². The van der Waals surface area contributed by atoms with Crippen LogP contribution in [0.4, 0.5) is 4.39 Å². The monoisotopic (exact) mass is 587 g/mol. The number of halogens is 3. The summed E-state index contributed by atoms with van der Waals surface area (Å²) in [6, 6.07) is 13.2. The van der Waals surface area contributed by atoms with Gasteiger partial charge in [-0.05, 0) is 69.5 Å². The van der Waals surface area contributed by atoms with E-state index >= 15 is 0 Å². The van der Waals surface area contributed by atoms with E-state index in [1.807, 2.05) is 0 Å². The first-order valence-corrected chi connectivity index (χ1v) is 11.7. The molecule has 0 radical (unpaired) electrons. The van der Waals surface area contributed by atoms with Crippen LogP contribution in [0.3, 0.4) is 0 Å². The van der Waals surface area contributed by atoms with Crippen LogP contribution in [-0.4, -0.2) is 23.0 Å². The lowest BCUT2D eigenvalue weighted by molar-refractivity contribution is 0.0714. The molecular formula is C25H16Br2FNO5. The molecule has 0 fully saturated rings. The summed E-state index contributed by atoms with van der Waals surface area (Å²) in [7, 11) is 1.41. The Morgan fingerprint density at radius 3 is 2.53 bits per heavy atom. The third kappa shape index (κ3) is 3.69. The molecule has 1 N–H and O–H groups in total. The summed E-state index contributed by atoms with van der Waals surface area (Å²) in [5.41, 5.74) is 1.37. The van der Waals surface area contributed by atoms with Gasteiger partial charge in [-0.1, -0.05) is 28.1 Å². The Labute approximate surface area is 209 Å². The largest absolute Gasteiger partial charge is 0.503 e. The minimum Gasteiger partial charge on any atom is -0.503 e. The maximum Gasteiger partial charge on any atom is 0.291 e. The molecule has 6 nitrogen and oxygen atoms in total. The number of ether oxygens (including phenoxy) is 1. The quantitative estimate of drug-likeness (QED) is 0.320. The Balaban J connectivity index is 1.76. The summed E-state index contributed by atoms with van der Waals surface area (Å²) in [6.45, 7) is 0.105. The molecule has 172 valence electrons. The molecule has 0 saturated heterocycles. The second kappa shape index (κ2) is 8.56. The van der Waals surface area contributed by atoms with Crippen molar-refractivity contribution < 1.29 is 23.4 Å². The van der Waals surface area contributed by atoms with Gasteiger partial charge in [-0.25, -0.2) is 4.39 Å². The van der Waals surface area contributed by atoms with Crippen molar-refractivity contribution in [2.24, 2.45) is 0 Å². The molecule has 2 heterocycles. The Morgan fingerprint density at radius 2 is 1.82 bits per heavy atom. The van der Waals surface area contributed by atoms with Crippen molar-refractivity contribution in [1.29, 1.82) is 0 Å². The molecular weight excluding hydrogens is 573 g/mol. The van der Waals surface area contributed by atoms with Gasteiger partial charge in [0.05, 0.1) is 28.6 Å². The van der Waals surface area contributed by atoms with Crippen molar-refractivity contribution in [3.8, 4) is 11.5 Å². The fourth-order valence-corrected chi connectivity index (χ4v) is 5.02. The zero-order valence-electron chi connectivity index (χ0n) is 17.6. The van der Waals surface area contributed by atoms with Crippen molar-refractivity contribution in [3.05, 3.63) is 102 Å². The first-order chi connectivity index (χ1) is 16.3. The van der Waals surface area contributed by atoms with Crippen molar-refractivity contribution in [3.63, 3.8) is 0 Å². The molecule has 34 heavy (non-hydrogen) atoms. The molecule has 3 aromatic carbocycles. The lowest BCUT2D eigenvalue weighted by Crippen LogP contribution is -2.29. The molecule has 0 bridgehead atoms. The van der Waals surface area contributed by atoms with E-state index in [9.17, 15) is 19.1 Å². The van der Waals surface area contributed by atoms with Crippen LogP contribution in [-0.2, 0) is 6.54 Å². The SMILES string of the molecule is COc1cc(C2c3c(oc4ccc(Br)cc4c3=O)C(=O)N2Cc2ccc(F)cc2)cc(Br)c1O. The second-order valence-electron chi connectivity index (χ2n) is 7.83. The molecule has 1 aliphatic heterocycles. The normalized spacial score (nSPS) is 15.1. The third-order valence-electron chi connectivity index (χ3n) is 5.78. The van der Waals surface area contributed by atoms with Gasteiger partial charge in [-0.2, -0.15) is 0 Å². The number of rotatable bonds is 4. The van der Waals surface area contributed by atoms with Gasteiger partial charge in [0.2, 0.25) is 5.76 Å². The van der Waals surface area contributed by atoms with Crippen LogP contribution in [0.2, 0.25) is 0 Å². The highest BCUT2D eigenvalue weighted by Crippen LogP contribution is 2.44. The van der Waals surface area contributed by atoms with E-state index in [-0.39, 0.29) is 34.8 Å². The Kier molecular flexibility index (Phi) is 5.69. The summed E-state index contributed by atoms with van der Waals surface area (Å²) < 4.78 is 25.7. The lowest BCUT2D eigenvalue weighted by Gasteiger charge is -2.26. The minimum atomic E-state index is -0.821. The van der Waals surface area contributed by atoms with E-state index in [1.165, 1.54) is 24.1 Å². The first-order valence-electron chi connectivity index (χ1n) is 10.2. The lowest BCUT2D eigenvalue weighted by atomic mass is 9.97. The predicted molar refractivity (Wildman–Crippen MR) is 131 cm³/mol. The third-order valence-corrected chi connectivity index (χ3v) is 6.88. The van der Waals surface area contributed by atoms with E-state index < -0.39 is 17.8 Å². The zero-order valence-corrected chi connectivity index (χ0v) is 20.8. The van der Waals surface area contributed by atoms with Crippen LogP contribution in [0, 0.1) is 5.82 Å². The standard InChI is InChI=1S/C25H16Br2FNO5/c1-33-19-9-13(8-17(27)23(19)31)21-20-22(30)16-10-14(26)4-7-18(16)34-24(20)25(32)29(21)11-12-2-5-15(28)6-3-12/h2-10,21,31H,11H2,1H3. The number of carbonyl (C=O) groups is 1. The van der Waals surface area contributed by atoms with Gasteiger partial charge in [-0.15, -0.1) is 0 Å². The highest BCUT2D eigenvalue weighted by Gasteiger charge is 2.43. The van der Waals surface area contributed by atoms with Crippen LogP contribution in [0.15, 0.2) is 72.8 Å². The number of carbonyl (C=O) groups excluding carboxylic acids is 1. The first kappa shape index (κ1) is 22.6. The van der Waals surface area contributed by atoms with E-state index in [4.69, 9.17) is 9.15 Å². The number of phenolic OH excluding ortho intramolecular Hbond substituents is 1. The van der Waals surface area contributed by atoms with Crippen LogP contribution in [0.1, 0.15) is 33.3 Å². The Morgan fingerprint density at radius 1 is 1.09 bits per heavy atom. The summed E-state index contributed by atoms with van der Waals surface area (Å²) in [6.07, 6.45) is 0. The molecule has 4 aromatic rings. The van der Waals surface area contributed by atoms with Crippen LogP contribution in [0.25, 0.3) is 11.0 Å². The summed E-state index contributed by atoms with van der Waals surface area (Å²) >= 11 is 6.70. The summed E-state index contributed by atoms with van der Waals surface area (Å²) in [5, 5.41) is 10.6. The predicted octanol–water partition coefficient (Wildman–Crippen LogP) is 5.92. The number of methoxy groups -OCH3 is 1. The minimum absolute atomic E-state index is 0.0462. The van der Waals surface area contributed by atoms with E-state index in [0.717, 1.165) is 0 Å². The van der Waals surface area contributed by atoms with Gasteiger partial charge in [-0.3, -0.25) is 9.59 Å². The highest BCUT2D eigenvalue weighted by molar-refractivity contribution is 9.10. The topological polar surface area (TPSA) is 80.0 Å². The van der Waals surface area contributed by atoms with Gasteiger partial charge in [0, 0.05) is 11.0 Å². The average molecular weight is 589 g/mol. The van der Waals surface area contributed by atoms with Crippen molar-refractivity contribution >= 4 is 48.7 Å². The number of nitrogens with zero attached hydrogens (tertiary/aromatic N) is 1. The van der Waals surface area contributed by atoms with E-state index in [2.05, 4.69) is 31.9 Å². The molecule has 0 saturated carbocycles. The number of fused-ring (bicyclic) bond motifs is 2. The maximum atomic E-state index is 13.6. The maximum absolute atomic E-state index is 13.6. The van der Waals surface area contributed by atoms with E-state index in [1.54, 1.807) is 42.5 Å². The van der Waals surface area contributed by atoms with E-state index in [0.29, 0.717) is 31.0 Å². The Hall–Kier alpha value is -3.17. The van der Waals surface area contributed by atoms with Crippen LogP contribution in [0.5, 0.6) is 11.5 Å². The molecule has 1 aromatic heterocycles. The average Bonchev–Trinajstić information content (AvgIpc) is 3.09. The molecule has 1 aliphatic rings. The molecule has 9 heteroatoms. The van der Waals surface area contributed by atoms with Crippen molar-refractivity contribution in [2.45, 2.75) is 12.6 Å². The molecule has 0 aliphatic carbocycles. The fraction of sp³-hybridized carbons (Fsp3) is 0.120. The number of hydrogen-bond donors (Lipinski definition) is 1. The van der Waals surface area contributed by atoms with Crippen LogP contribution >= 0.6 is 31.9 Å². The van der Waals surface area contributed by atoms with Gasteiger partial charge in [0.1, 0.15) is 11.4 Å². The van der Waals surface area contributed by atoms with Gasteiger partial charge in [0.15, 0.2) is 16.9 Å². The summed E-state index contributed by atoms with van der Waals surface area (Å²) in [5.74, 6) is -0.822. The number of phenols is 1. The van der Waals surface area contributed by atoms with Crippen LogP contribution < -0.4 is 10.2 Å². The highest BCUT2D eigenvalue weighted by atomic mass is 79.9. The summed E-state index contributed by atoms with van der Waals surface area (Å²) in [4.78, 5) is 28.7. The molecule has 1 amide bonds. The van der Waals surface area contributed by atoms with Crippen molar-refractivity contribution in [1.82, 2.24) is 4.90 Å². The molecule has 1 atom stereocenters. The smallest absolute Gasteiger partial charge is 0.291 e. The second-order valence-corrected chi connectivity index (χ2v) is 9.60. The van der Waals surface area contributed by atoms with Crippen molar-refractivity contribution in [2.75, 3.05) is 7.11 Å². The Bertz CT molecular complexity index is 1520.